The molecule has 0 unspecified atom stereocenters. The highest BCUT2D eigenvalue weighted by Crippen LogP contribution is 2.35. The number of nitro groups is 1. The fourth-order valence-electron chi connectivity index (χ4n) is 2.57. The highest BCUT2D eigenvalue weighted by atomic mass is 16.6. The van der Waals surface area contributed by atoms with E-state index >= 15 is 0 Å². The average molecular weight is 368 g/mol. The molecule has 0 saturated carbocycles. The van der Waals surface area contributed by atoms with Crippen molar-refractivity contribution in [3.8, 4) is 11.5 Å². The van der Waals surface area contributed by atoms with E-state index in [1.807, 2.05) is 0 Å². The van der Waals surface area contributed by atoms with E-state index in [1.54, 1.807) is 37.3 Å². The van der Waals surface area contributed by atoms with Crippen molar-refractivity contribution in [3.63, 3.8) is 0 Å². The van der Waals surface area contributed by atoms with Gasteiger partial charge in [-0.3, -0.25) is 25.1 Å². The predicted molar refractivity (Wildman–Crippen MR) is 93.8 cm³/mol. The van der Waals surface area contributed by atoms with Gasteiger partial charge in [0, 0.05) is 11.8 Å². The van der Waals surface area contributed by atoms with Crippen LogP contribution in [-0.4, -0.2) is 23.3 Å². The van der Waals surface area contributed by atoms with Crippen LogP contribution in [0, 0.1) is 10.1 Å². The molecule has 2 aromatic carbocycles. The third-order valence-electron chi connectivity index (χ3n) is 3.77. The second kappa shape index (κ2) is 7.16. The van der Waals surface area contributed by atoms with E-state index in [-0.39, 0.29) is 23.5 Å². The number of para-hydroxylation sites is 1. The summed E-state index contributed by atoms with van der Waals surface area (Å²) in [6, 6.07) is 10.7. The molecule has 1 heterocycles. The van der Waals surface area contributed by atoms with Gasteiger partial charge in [0.25, 0.3) is 17.5 Å². The number of anilines is 1. The second-order valence-electron chi connectivity index (χ2n) is 5.53. The fourth-order valence-corrected chi connectivity index (χ4v) is 2.57. The standard InChI is InChI=1S/C18H15N3O6/c1-2-27-15-10-11(9-14(16(15)22)21(25)26)8-13-17(23)19-20(18(13)24)12-6-4-3-5-7-12/h3-10,22H,2H2,1H3,(H,19,23)/p-1/b13-8-. The van der Waals surface area contributed by atoms with Crippen LogP contribution < -0.4 is 20.3 Å². The Morgan fingerprint density at radius 3 is 2.56 bits per heavy atom. The minimum Gasteiger partial charge on any atom is -0.865 e. The minimum absolute atomic E-state index is 0.133. The number of amides is 2. The maximum atomic E-state index is 12.6. The SMILES string of the molecule is CCOc1cc(/C=C2/C(=O)NN(c3ccccc3)C2=O)cc([N+](=O)[O-])c1[O-]. The first kappa shape index (κ1) is 17.9. The molecular formula is C18H14N3O6-. The van der Waals surface area contributed by atoms with E-state index in [4.69, 9.17) is 4.74 Å². The van der Waals surface area contributed by atoms with Crippen molar-refractivity contribution in [2.24, 2.45) is 0 Å². The van der Waals surface area contributed by atoms with Crippen LogP contribution in [0.4, 0.5) is 11.4 Å². The molecule has 138 valence electrons. The molecule has 1 aliphatic heterocycles. The number of hydrogen-bond donors (Lipinski definition) is 1. The number of nitro benzene ring substituents is 1. The summed E-state index contributed by atoms with van der Waals surface area (Å²) in [5.74, 6) is -2.35. The molecule has 2 amide bonds. The van der Waals surface area contributed by atoms with Crippen LogP contribution in [0.3, 0.4) is 0 Å². The second-order valence-corrected chi connectivity index (χ2v) is 5.53. The molecule has 27 heavy (non-hydrogen) atoms. The zero-order chi connectivity index (χ0) is 19.6. The van der Waals surface area contributed by atoms with Gasteiger partial charge in [0.15, 0.2) is 0 Å². The zero-order valence-corrected chi connectivity index (χ0v) is 14.2. The number of benzene rings is 2. The first-order chi connectivity index (χ1) is 12.9. The van der Waals surface area contributed by atoms with E-state index in [1.165, 1.54) is 12.1 Å². The molecule has 0 atom stereocenters. The van der Waals surface area contributed by atoms with Crippen LogP contribution >= 0.6 is 0 Å². The Labute approximate surface area is 153 Å². The van der Waals surface area contributed by atoms with E-state index in [0.717, 1.165) is 11.1 Å². The van der Waals surface area contributed by atoms with Crippen molar-refractivity contribution in [1.82, 2.24) is 5.43 Å². The highest BCUT2D eigenvalue weighted by molar-refractivity contribution is 6.31. The van der Waals surface area contributed by atoms with Gasteiger partial charge in [-0.1, -0.05) is 18.2 Å². The Kier molecular flexibility index (Phi) is 4.75. The van der Waals surface area contributed by atoms with Crippen LogP contribution in [0.15, 0.2) is 48.0 Å². The molecule has 3 rings (SSSR count). The molecule has 1 N–H and O–H groups in total. The summed E-state index contributed by atoms with van der Waals surface area (Å²) in [7, 11) is 0. The van der Waals surface area contributed by atoms with Crippen molar-refractivity contribution in [1.29, 1.82) is 0 Å². The van der Waals surface area contributed by atoms with E-state index < -0.39 is 28.2 Å². The van der Waals surface area contributed by atoms with E-state index in [2.05, 4.69) is 5.43 Å². The van der Waals surface area contributed by atoms with Crippen molar-refractivity contribution in [2.45, 2.75) is 6.92 Å². The Balaban J connectivity index is 2.02. The lowest BCUT2D eigenvalue weighted by atomic mass is 10.1. The maximum Gasteiger partial charge on any atom is 0.282 e. The van der Waals surface area contributed by atoms with Crippen LogP contribution in [0.25, 0.3) is 6.08 Å². The summed E-state index contributed by atoms with van der Waals surface area (Å²) in [4.78, 5) is 35.0. The highest BCUT2D eigenvalue weighted by Gasteiger charge is 2.34. The molecule has 0 spiro atoms. The van der Waals surface area contributed by atoms with Crippen molar-refractivity contribution in [3.05, 3.63) is 63.7 Å². The van der Waals surface area contributed by atoms with Gasteiger partial charge >= 0.3 is 0 Å². The fraction of sp³-hybridized carbons (Fsp3) is 0.111. The lowest BCUT2D eigenvalue weighted by Gasteiger charge is -2.15. The Morgan fingerprint density at radius 2 is 1.93 bits per heavy atom. The number of ether oxygens (including phenoxy) is 1. The largest absolute Gasteiger partial charge is 0.865 e. The number of nitrogens with zero attached hydrogens (tertiary/aromatic N) is 2. The normalized spacial score (nSPS) is 15.1. The van der Waals surface area contributed by atoms with Gasteiger partial charge in [-0.25, -0.2) is 5.01 Å². The summed E-state index contributed by atoms with van der Waals surface area (Å²) >= 11 is 0. The Morgan fingerprint density at radius 1 is 1.22 bits per heavy atom. The monoisotopic (exact) mass is 368 g/mol. The lowest BCUT2D eigenvalue weighted by Crippen LogP contribution is -2.35. The number of nitrogens with one attached hydrogen (secondary N) is 1. The van der Waals surface area contributed by atoms with Gasteiger partial charge in [0.2, 0.25) is 0 Å². The number of hydrogen-bond acceptors (Lipinski definition) is 6. The summed E-state index contributed by atoms with van der Waals surface area (Å²) in [6.07, 6.45) is 1.19. The summed E-state index contributed by atoms with van der Waals surface area (Å²) in [5, 5.41) is 24.2. The van der Waals surface area contributed by atoms with Crippen molar-refractivity contribution < 1.29 is 24.4 Å². The maximum absolute atomic E-state index is 12.6. The topological polar surface area (TPSA) is 125 Å². The summed E-state index contributed by atoms with van der Waals surface area (Å²) < 4.78 is 5.13. The molecule has 9 nitrogen and oxygen atoms in total. The minimum atomic E-state index is -0.864. The van der Waals surface area contributed by atoms with Gasteiger partial charge < -0.3 is 9.84 Å². The molecule has 0 bridgehead atoms. The first-order valence-electron chi connectivity index (χ1n) is 7.96. The van der Waals surface area contributed by atoms with E-state index in [9.17, 15) is 24.8 Å². The zero-order valence-electron chi connectivity index (χ0n) is 14.2. The number of carbonyl (C=O) groups is 2. The molecule has 1 aliphatic rings. The third-order valence-corrected chi connectivity index (χ3v) is 3.77. The molecule has 0 radical (unpaired) electrons. The third kappa shape index (κ3) is 3.43. The van der Waals surface area contributed by atoms with E-state index in [0.29, 0.717) is 5.69 Å². The molecule has 0 aromatic heterocycles. The molecule has 2 aromatic rings. The Bertz CT molecular complexity index is 955. The van der Waals surface area contributed by atoms with Crippen LogP contribution in [0.1, 0.15) is 12.5 Å². The molecule has 1 saturated heterocycles. The van der Waals surface area contributed by atoms with Crippen LogP contribution in [0.2, 0.25) is 0 Å². The quantitative estimate of drug-likeness (QED) is 0.369. The predicted octanol–water partition coefficient (Wildman–Crippen LogP) is 1.53. The summed E-state index contributed by atoms with van der Waals surface area (Å²) in [5.41, 5.74) is 2.12. The van der Waals surface area contributed by atoms with Gasteiger partial charge in [0.1, 0.15) is 11.3 Å². The molecular weight excluding hydrogens is 354 g/mol. The smallest absolute Gasteiger partial charge is 0.282 e. The van der Waals surface area contributed by atoms with Crippen molar-refractivity contribution >= 4 is 29.3 Å². The van der Waals surface area contributed by atoms with Gasteiger partial charge in [-0.2, -0.15) is 0 Å². The molecule has 9 heteroatoms. The Hall–Kier alpha value is -3.88. The van der Waals surface area contributed by atoms with Crippen molar-refractivity contribution in [2.75, 3.05) is 11.6 Å². The van der Waals surface area contributed by atoms with Crippen LogP contribution in [-0.2, 0) is 9.59 Å². The first-order valence-corrected chi connectivity index (χ1v) is 7.96. The van der Waals surface area contributed by atoms with Gasteiger partial charge in [-0.15, -0.1) is 0 Å². The molecule has 0 aliphatic carbocycles. The van der Waals surface area contributed by atoms with Gasteiger partial charge in [-0.05, 0) is 36.8 Å². The van der Waals surface area contributed by atoms with Crippen LogP contribution in [0.5, 0.6) is 11.5 Å². The number of hydrazine groups is 1. The lowest BCUT2D eigenvalue weighted by molar-refractivity contribution is -0.398. The average Bonchev–Trinajstić information content (AvgIpc) is 2.93. The summed E-state index contributed by atoms with van der Waals surface area (Å²) in [6.45, 7) is 1.76. The molecule has 1 fully saturated rings. The number of carbonyl (C=O) groups excluding carboxylic acids is 2. The number of rotatable bonds is 5. The van der Waals surface area contributed by atoms with Gasteiger partial charge in [0.05, 0.1) is 17.2 Å².